The molecule has 0 heterocycles. The summed E-state index contributed by atoms with van der Waals surface area (Å²) in [7, 11) is 0. The van der Waals surface area contributed by atoms with Gasteiger partial charge in [-0.2, -0.15) is 0 Å². The standard InChI is InChI=1S/C18H21Br/c1-13(2)18(19)17(15-10-5-4-6-11-15)16-12-8-7-9-14(16)3/h4-13,17-18H,1-3H3. The Bertz CT molecular complexity index is 516. The van der Waals surface area contributed by atoms with Crippen LogP contribution >= 0.6 is 15.9 Å². The Labute approximate surface area is 125 Å². The molecule has 100 valence electrons. The Morgan fingerprint density at radius 2 is 1.42 bits per heavy atom. The largest absolute Gasteiger partial charge is 0.0878 e. The van der Waals surface area contributed by atoms with E-state index in [0.29, 0.717) is 16.7 Å². The minimum atomic E-state index is 0.405. The van der Waals surface area contributed by atoms with Crippen LogP contribution in [0.5, 0.6) is 0 Å². The molecule has 0 saturated carbocycles. The number of hydrogen-bond acceptors (Lipinski definition) is 0. The lowest BCUT2D eigenvalue weighted by atomic mass is 9.82. The molecule has 1 heteroatoms. The van der Waals surface area contributed by atoms with Gasteiger partial charge in [0, 0.05) is 10.7 Å². The van der Waals surface area contributed by atoms with Crippen molar-refractivity contribution in [2.24, 2.45) is 5.92 Å². The highest BCUT2D eigenvalue weighted by atomic mass is 79.9. The maximum Gasteiger partial charge on any atom is 0.0278 e. The first kappa shape index (κ1) is 14.3. The zero-order valence-electron chi connectivity index (χ0n) is 11.8. The van der Waals surface area contributed by atoms with Crippen molar-refractivity contribution in [2.75, 3.05) is 0 Å². The van der Waals surface area contributed by atoms with Crippen LogP contribution in [0.4, 0.5) is 0 Å². The Morgan fingerprint density at radius 1 is 0.842 bits per heavy atom. The van der Waals surface area contributed by atoms with E-state index in [4.69, 9.17) is 0 Å². The molecule has 0 aliphatic heterocycles. The SMILES string of the molecule is Cc1ccccc1C(c1ccccc1)C(Br)C(C)C. The lowest BCUT2D eigenvalue weighted by Gasteiger charge is -2.27. The second-order valence-electron chi connectivity index (χ2n) is 5.43. The topological polar surface area (TPSA) is 0 Å². The molecule has 0 bridgehead atoms. The molecule has 2 aromatic carbocycles. The Morgan fingerprint density at radius 3 is 2.00 bits per heavy atom. The smallest absolute Gasteiger partial charge is 0.0278 e. The van der Waals surface area contributed by atoms with Gasteiger partial charge in [0.25, 0.3) is 0 Å². The van der Waals surface area contributed by atoms with Gasteiger partial charge in [-0.3, -0.25) is 0 Å². The molecule has 2 aromatic rings. The molecule has 0 spiro atoms. The molecule has 2 atom stereocenters. The summed E-state index contributed by atoms with van der Waals surface area (Å²) in [5.41, 5.74) is 4.16. The van der Waals surface area contributed by atoms with Crippen molar-refractivity contribution in [3.63, 3.8) is 0 Å². The summed E-state index contributed by atoms with van der Waals surface area (Å²) in [6, 6.07) is 19.5. The summed E-state index contributed by atoms with van der Waals surface area (Å²) in [5.74, 6) is 0.993. The van der Waals surface area contributed by atoms with E-state index in [1.807, 2.05) is 0 Å². The number of aryl methyl sites for hydroxylation is 1. The number of alkyl halides is 1. The number of halogens is 1. The van der Waals surface area contributed by atoms with Gasteiger partial charge in [0.05, 0.1) is 0 Å². The highest BCUT2D eigenvalue weighted by Crippen LogP contribution is 2.37. The second-order valence-corrected chi connectivity index (χ2v) is 6.49. The van der Waals surface area contributed by atoms with E-state index in [1.165, 1.54) is 16.7 Å². The van der Waals surface area contributed by atoms with Crippen LogP contribution in [0.2, 0.25) is 0 Å². The van der Waals surface area contributed by atoms with Crippen molar-refractivity contribution in [3.8, 4) is 0 Å². The normalized spacial score (nSPS) is 14.4. The summed E-state index contributed by atoms with van der Waals surface area (Å²) in [6.45, 7) is 6.74. The number of rotatable bonds is 4. The molecule has 0 aromatic heterocycles. The molecule has 0 N–H and O–H groups in total. The first-order valence-corrected chi connectivity index (χ1v) is 7.77. The van der Waals surface area contributed by atoms with E-state index in [-0.39, 0.29) is 0 Å². The maximum atomic E-state index is 3.92. The van der Waals surface area contributed by atoms with Crippen LogP contribution in [0.3, 0.4) is 0 Å². The Hall–Kier alpha value is -1.08. The first-order chi connectivity index (χ1) is 9.11. The molecule has 0 aliphatic rings. The van der Waals surface area contributed by atoms with Crippen LogP contribution in [0.25, 0.3) is 0 Å². The lowest BCUT2D eigenvalue weighted by Crippen LogP contribution is -2.20. The minimum Gasteiger partial charge on any atom is -0.0878 e. The van der Waals surface area contributed by atoms with Crippen molar-refractivity contribution < 1.29 is 0 Å². The van der Waals surface area contributed by atoms with Gasteiger partial charge in [-0.25, -0.2) is 0 Å². The van der Waals surface area contributed by atoms with E-state index in [9.17, 15) is 0 Å². The van der Waals surface area contributed by atoms with Gasteiger partial charge in [-0.15, -0.1) is 0 Å². The molecule has 0 nitrogen and oxygen atoms in total. The van der Waals surface area contributed by atoms with Crippen molar-refractivity contribution in [1.82, 2.24) is 0 Å². The average molecular weight is 317 g/mol. The summed E-state index contributed by atoms with van der Waals surface area (Å²) in [5, 5.41) is 0. The van der Waals surface area contributed by atoms with Crippen LogP contribution in [0.15, 0.2) is 54.6 Å². The molecule has 0 aliphatic carbocycles. The summed E-state index contributed by atoms with van der Waals surface area (Å²) < 4.78 is 0. The van der Waals surface area contributed by atoms with Crippen LogP contribution in [-0.2, 0) is 0 Å². The van der Waals surface area contributed by atoms with Gasteiger partial charge in [0.1, 0.15) is 0 Å². The van der Waals surface area contributed by atoms with E-state index < -0.39 is 0 Å². The fourth-order valence-corrected chi connectivity index (χ4v) is 3.11. The summed E-state index contributed by atoms with van der Waals surface area (Å²) in [6.07, 6.45) is 0. The van der Waals surface area contributed by atoms with Crippen LogP contribution < -0.4 is 0 Å². The Kier molecular flexibility index (Phi) is 4.81. The van der Waals surface area contributed by atoms with Crippen molar-refractivity contribution >= 4 is 15.9 Å². The molecule has 2 rings (SSSR count). The molecule has 0 amide bonds. The van der Waals surface area contributed by atoms with Crippen LogP contribution in [-0.4, -0.2) is 4.83 Å². The van der Waals surface area contributed by atoms with Crippen molar-refractivity contribution in [2.45, 2.75) is 31.5 Å². The fourth-order valence-electron chi connectivity index (χ4n) is 2.52. The summed E-state index contributed by atoms with van der Waals surface area (Å²) >= 11 is 3.92. The van der Waals surface area contributed by atoms with Gasteiger partial charge < -0.3 is 0 Å². The molecular formula is C18H21Br. The minimum absolute atomic E-state index is 0.405. The van der Waals surface area contributed by atoms with Gasteiger partial charge in [0.15, 0.2) is 0 Å². The predicted octanol–water partition coefficient (Wildman–Crippen LogP) is 5.55. The third kappa shape index (κ3) is 3.27. The quantitative estimate of drug-likeness (QED) is 0.649. The van der Waals surface area contributed by atoms with E-state index in [1.54, 1.807) is 0 Å². The van der Waals surface area contributed by atoms with Crippen LogP contribution in [0.1, 0.15) is 36.5 Å². The van der Waals surface area contributed by atoms with Gasteiger partial charge in [-0.05, 0) is 29.5 Å². The third-order valence-corrected chi connectivity index (χ3v) is 5.22. The Balaban J connectivity index is 2.50. The van der Waals surface area contributed by atoms with E-state index in [0.717, 1.165) is 0 Å². The maximum absolute atomic E-state index is 3.92. The lowest BCUT2D eigenvalue weighted by molar-refractivity contribution is 0.567. The monoisotopic (exact) mass is 316 g/mol. The highest BCUT2D eigenvalue weighted by molar-refractivity contribution is 9.09. The van der Waals surface area contributed by atoms with Gasteiger partial charge >= 0.3 is 0 Å². The zero-order chi connectivity index (χ0) is 13.8. The second kappa shape index (κ2) is 6.38. The van der Waals surface area contributed by atoms with E-state index in [2.05, 4.69) is 91.3 Å². The average Bonchev–Trinajstić information content (AvgIpc) is 2.42. The van der Waals surface area contributed by atoms with Gasteiger partial charge in [0.2, 0.25) is 0 Å². The first-order valence-electron chi connectivity index (χ1n) is 6.85. The fraction of sp³-hybridized carbons (Fsp3) is 0.333. The van der Waals surface area contributed by atoms with Crippen molar-refractivity contribution in [3.05, 3.63) is 71.3 Å². The zero-order valence-corrected chi connectivity index (χ0v) is 13.4. The van der Waals surface area contributed by atoms with Gasteiger partial charge in [-0.1, -0.05) is 84.4 Å². The molecule has 0 fully saturated rings. The predicted molar refractivity (Wildman–Crippen MR) is 87.0 cm³/mol. The number of hydrogen-bond donors (Lipinski definition) is 0. The molecule has 0 radical (unpaired) electrons. The van der Waals surface area contributed by atoms with Crippen molar-refractivity contribution in [1.29, 1.82) is 0 Å². The molecule has 2 unspecified atom stereocenters. The molecule has 19 heavy (non-hydrogen) atoms. The molecule has 0 saturated heterocycles. The van der Waals surface area contributed by atoms with Crippen LogP contribution in [0, 0.1) is 12.8 Å². The third-order valence-electron chi connectivity index (χ3n) is 3.64. The summed E-state index contributed by atoms with van der Waals surface area (Å²) in [4.78, 5) is 0.441. The number of benzene rings is 2. The molecular weight excluding hydrogens is 296 g/mol. The van der Waals surface area contributed by atoms with E-state index >= 15 is 0 Å². The highest BCUT2D eigenvalue weighted by Gasteiger charge is 2.26.